The van der Waals surface area contributed by atoms with E-state index in [1.54, 1.807) is 16.4 Å². The van der Waals surface area contributed by atoms with Crippen LogP contribution in [0.4, 0.5) is 0 Å². The average molecular weight is 368 g/mol. The number of aromatic nitrogens is 7. The second-order valence-corrected chi connectivity index (χ2v) is 7.36. The van der Waals surface area contributed by atoms with Gasteiger partial charge in [-0.25, -0.2) is 9.50 Å². The Morgan fingerprint density at radius 1 is 1.38 bits per heavy atom. The Morgan fingerprint density at radius 3 is 3.23 bits per heavy atom. The number of nitrogens with zero attached hydrogens (tertiary/aromatic N) is 7. The first-order valence-electron chi connectivity index (χ1n) is 8.49. The summed E-state index contributed by atoms with van der Waals surface area (Å²) >= 11 is 1.41. The first-order chi connectivity index (χ1) is 12.8. The molecule has 1 amide bonds. The summed E-state index contributed by atoms with van der Waals surface area (Å²) in [7, 11) is 0. The standard InChI is InChI=1S/C16H16N8OS/c25-13(6-12-20-19-9-26-12)23-5-1-2-10(7-23)14-15-11-3-4-17-16(11)18-8-24(15)22-21-14/h3-4,8-10,17H,1-2,5-7H2. The quantitative estimate of drug-likeness (QED) is 0.586. The summed E-state index contributed by atoms with van der Waals surface area (Å²) in [6.45, 7) is 1.43. The molecule has 5 heterocycles. The Hall–Kier alpha value is -2.88. The second kappa shape index (κ2) is 6.13. The fraction of sp³-hybridized carbons (Fsp3) is 0.375. The van der Waals surface area contributed by atoms with E-state index in [2.05, 4.69) is 30.5 Å². The van der Waals surface area contributed by atoms with E-state index in [0.717, 1.165) is 46.6 Å². The summed E-state index contributed by atoms with van der Waals surface area (Å²) < 4.78 is 1.72. The van der Waals surface area contributed by atoms with Gasteiger partial charge in [-0.1, -0.05) is 5.21 Å². The van der Waals surface area contributed by atoms with Crippen LogP contribution in [0.5, 0.6) is 0 Å². The molecule has 1 aliphatic rings. The summed E-state index contributed by atoms with van der Waals surface area (Å²) in [6, 6.07) is 1.99. The first-order valence-corrected chi connectivity index (χ1v) is 9.37. The van der Waals surface area contributed by atoms with Gasteiger partial charge in [-0.15, -0.1) is 26.6 Å². The number of fused-ring (bicyclic) bond motifs is 3. The van der Waals surface area contributed by atoms with Gasteiger partial charge in [0.25, 0.3) is 0 Å². The average Bonchev–Trinajstić information content (AvgIpc) is 3.41. The van der Waals surface area contributed by atoms with Crippen LogP contribution in [0.3, 0.4) is 0 Å². The number of aromatic amines is 1. The molecule has 0 spiro atoms. The summed E-state index contributed by atoms with van der Waals surface area (Å²) in [5, 5.41) is 18.2. The zero-order valence-electron chi connectivity index (χ0n) is 13.9. The number of carbonyl (C=O) groups is 1. The highest BCUT2D eigenvalue weighted by Gasteiger charge is 2.29. The van der Waals surface area contributed by atoms with E-state index in [1.807, 2.05) is 17.2 Å². The molecule has 9 nitrogen and oxygen atoms in total. The van der Waals surface area contributed by atoms with E-state index >= 15 is 0 Å². The molecule has 4 aromatic heterocycles. The Morgan fingerprint density at radius 2 is 2.35 bits per heavy atom. The van der Waals surface area contributed by atoms with Crippen LogP contribution < -0.4 is 0 Å². The third-order valence-corrected chi connectivity index (χ3v) is 5.56. The van der Waals surface area contributed by atoms with Crippen LogP contribution in [0, 0.1) is 0 Å². The van der Waals surface area contributed by atoms with Gasteiger partial charge in [-0.3, -0.25) is 4.79 Å². The highest BCUT2D eigenvalue weighted by atomic mass is 32.1. The van der Waals surface area contributed by atoms with Gasteiger partial charge < -0.3 is 9.88 Å². The summed E-state index contributed by atoms with van der Waals surface area (Å²) in [5.74, 6) is 0.261. The smallest absolute Gasteiger partial charge is 0.229 e. The van der Waals surface area contributed by atoms with Crippen molar-refractivity contribution in [3.63, 3.8) is 0 Å². The largest absolute Gasteiger partial charge is 0.346 e. The lowest BCUT2D eigenvalue weighted by Gasteiger charge is -2.31. The van der Waals surface area contributed by atoms with Gasteiger partial charge in [0.05, 0.1) is 12.1 Å². The van der Waals surface area contributed by atoms with Crippen molar-refractivity contribution in [3.05, 3.63) is 34.8 Å². The van der Waals surface area contributed by atoms with Gasteiger partial charge in [0.1, 0.15) is 28.0 Å². The molecular weight excluding hydrogens is 352 g/mol. The molecule has 1 unspecified atom stereocenters. The Bertz CT molecular complexity index is 1070. The number of rotatable bonds is 3. The molecule has 5 rings (SSSR count). The number of hydrogen-bond acceptors (Lipinski definition) is 7. The van der Waals surface area contributed by atoms with Crippen molar-refractivity contribution in [1.29, 1.82) is 0 Å². The van der Waals surface area contributed by atoms with E-state index in [1.165, 1.54) is 11.3 Å². The van der Waals surface area contributed by atoms with Crippen LogP contribution in [0.15, 0.2) is 24.1 Å². The van der Waals surface area contributed by atoms with Crippen molar-refractivity contribution in [3.8, 4) is 0 Å². The molecular formula is C16H16N8OS. The Balaban J connectivity index is 1.44. The molecule has 4 aromatic rings. The molecule has 1 N–H and O–H groups in total. The van der Waals surface area contributed by atoms with Crippen LogP contribution in [-0.2, 0) is 11.2 Å². The zero-order chi connectivity index (χ0) is 17.5. The van der Waals surface area contributed by atoms with Crippen molar-refractivity contribution < 1.29 is 4.79 Å². The van der Waals surface area contributed by atoms with E-state index < -0.39 is 0 Å². The van der Waals surface area contributed by atoms with Crippen LogP contribution in [0.2, 0.25) is 0 Å². The highest BCUT2D eigenvalue weighted by molar-refractivity contribution is 7.09. The third-order valence-electron chi connectivity index (χ3n) is 4.87. The maximum atomic E-state index is 12.6. The molecule has 10 heteroatoms. The molecule has 1 aliphatic heterocycles. The number of amides is 1. The summed E-state index contributed by atoms with van der Waals surface area (Å²) in [6.07, 6.45) is 5.79. The molecule has 0 aliphatic carbocycles. The van der Waals surface area contributed by atoms with Crippen LogP contribution in [-0.4, -0.2) is 58.9 Å². The molecule has 0 saturated carbocycles. The molecule has 1 atom stereocenters. The van der Waals surface area contributed by atoms with E-state index in [0.29, 0.717) is 13.0 Å². The molecule has 1 saturated heterocycles. The maximum Gasteiger partial charge on any atom is 0.229 e. The lowest BCUT2D eigenvalue weighted by Crippen LogP contribution is -2.40. The predicted octanol–water partition coefficient (Wildman–Crippen LogP) is 1.41. The monoisotopic (exact) mass is 368 g/mol. The van der Waals surface area contributed by atoms with E-state index in [-0.39, 0.29) is 11.8 Å². The van der Waals surface area contributed by atoms with Gasteiger partial charge in [0, 0.05) is 30.6 Å². The Labute approximate surface area is 152 Å². The van der Waals surface area contributed by atoms with Crippen molar-refractivity contribution >= 4 is 33.8 Å². The minimum Gasteiger partial charge on any atom is -0.346 e. The number of nitrogens with one attached hydrogen (secondary N) is 1. The fourth-order valence-electron chi connectivity index (χ4n) is 3.63. The fourth-order valence-corrected chi connectivity index (χ4v) is 4.15. The van der Waals surface area contributed by atoms with Crippen molar-refractivity contribution in [2.45, 2.75) is 25.2 Å². The summed E-state index contributed by atoms with van der Waals surface area (Å²) in [5.41, 5.74) is 4.38. The lowest BCUT2D eigenvalue weighted by atomic mass is 9.93. The van der Waals surface area contributed by atoms with Crippen molar-refractivity contribution in [2.75, 3.05) is 13.1 Å². The topological polar surface area (TPSA) is 105 Å². The van der Waals surface area contributed by atoms with E-state index in [9.17, 15) is 4.79 Å². The van der Waals surface area contributed by atoms with E-state index in [4.69, 9.17) is 0 Å². The first kappa shape index (κ1) is 15.4. The number of hydrogen-bond donors (Lipinski definition) is 1. The SMILES string of the molecule is O=C(Cc1nncs1)N1CCCC(c2nnn3cnc4[nH]ccc4c23)C1. The van der Waals surface area contributed by atoms with Crippen LogP contribution >= 0.6 is 11.3 Å². The lowest BCUT2D eigenvalue weighted by molar-refractivity contribution is -0.131. The zero-order valence-corrected chi connectivity index (χ0v) is 14.7. The van der Waals surface area contributed by atoms with Gasteiger partial charge in [0.2, 0.25) is 5.91 Å². The molecule has 0 aromatic carbocycles. The number of likely N-dealkylation sites (tertiary alicyclic amines) is 1. The van der Waals surface area contributed by atoms with Crippen LogP contribution in [0.25, 0.3) is 16.6 Å². The van der Waals surface area contributed by atoms with Gasteiger partial charge >= 0.3 is 0 Å². The number of H-pyrrole nitrogens is 1. The summed E-state index contributed by atoms with van der Waals surface area (Å²) in [4.78, 5) is 22.0. The molecule has 26 heavy (non-hydrogen) atoms. The van der Waals surface area contributed by atoms with Gasteiger partial charge in [-0.05, 0) is 18.9 Å². The molecule has 1 fully saturated rings. The minimum absolute atomic E-state index is 0.0939. The second-order valence-electron chi connectivity index (χ2n) is 6.44. The Kier molecular flexibility index (Phi) is 3.63. The highest BCUT2D eigenvalue weighted by Crippen LogP contribution is 2.31. The number of piperidine rings is 1. The molecule has 0 radical (unpaired) electrons. The van der Waals surface area contributed by atoms with Crippen molar-refractivity contribution in [2.24, 2.45) is 0 Å². The normalized spacial score (nSPS) is 18.0. The minimum atomic E-state index is 0.0939. The van der Waals surface area contributed by atoms with Crippen molar-refractivity contribution in [1.82, 2.24) is 39.9 Å². The predicted molar refractivity (Wildman–Crippen MR) is 94.8 cm³/mol. The molecule has 0 bridgehead atoms. The van der Waals surface area contributed by atoms with Crippen LogP contribution in [0.1, 0.15) is 29.5 Å². The third kappa shape index (κ3) is 2.53. The number of carbonyl (C=O) groups excluding carboxylic acids is 1. The maximum absolute atomic E-state index is 12.6. The van der Waals surface area contributed by atoms with Gasteiger partial charge in [-0.2, -0.15) is 0 Å². The molecule has 132 valence electrons. The van der Waals surface area contributed by atoms with Gasteiger partial charge in [0.15, 0.2) is 0 Å².